The number of benzene rings is 2. The quantitative estimate of drug-likeness (QED) is 0.144. The highest BCUT2D eigenvalue weighted by Crippen LogP contribution is 2.43. The summed E-state index contributed by atoms with van der Waals surface area (Å²) in [5, 5.41) is 0.646. The summed E-state index contributed by atoms with van der Waals surface area (Å²) >= 11 is 6.31. The van der Waals surface area contributed by atoms with E-state index in [1.165, 1.54) is 12.1 Å². The van der Waals surface area contributed by atoms with Gasteiger partial charge in [0, 0.05) is 46.7 Å². The number of hydrogen-bond acceptors (Lipinski definition) is 5. The van der Waals surface area contributed by atoms with Crippen LogP contribution in [-0.2, 0) is 31.1 Å². The molecule has 0 saturated heterocycles. The minimum atomic E-state index is -4.30. The number of halogens is 1. The zero-order chi connectivity index (χ0) is 29.5. The fourth-order valence-corrected chi connectivity index (χ4v) is 6.61. The molecule has 11 heteroatoms. The first-order chi connectivity index (χ1) is 18.5. The van der Waals surface area contributed by atoms with Crippen molar-refractivity contribution in [3.63, 3.8) is 0 Å². The Bertz CT molecular complexity index is 1680. The fraction of sp³-hybridized carbons (Fsp3) is 0.379. The van der Waals surface area contributed by atoms with Gasteiger partial charge in [0.2, 0.25) is 5.69 Å². The van der Waals surface area contributed by atoms with Gasteiger partial charge in [-0.25, -0.2) is 0 Å². The maximum Gasteiger partial charge on any atom is 0.294 e. The molecule has 214 valence electrons. The first kappa shape index (κ1) is 30.3. The number of nitrogens with zero attached hydrogens (tertiary/aromatic N) is 2. The molecule has 4 rings (SSSR count). The monoisotopic (exact) mass is 605 g/mol. The van der Waals surface area contributed by atoms with Crippen molar-refractivity contribution in [3.8, 4) is 0 Å². The zero-order valence-electron chi connectivity index (χ0n) is 22.9. The van der Waals surface area contributed by atoms with E-state index in [9.17, 15) is 21.4 Å². The smallest absolute Gasteiger partial charge is 0.286 e. The van der Waals surface area contributed by atoms with Gasteiger partial charge in [-0.1, -0.05) is 43.7 Å². The van der Waals surface area contributed by atoms with Gasteiger partial charge in [-0.3, -0.25) is 14.1 Å². The van der Waals surface area contributed by atoms with E-state index in [0.717, 1.165) is 28.2 Å². The molecule has 2 heterocycles. The van der Waals surface area contributed by atoms with Gasteiger partial charge >= 0.3 is 0 Å². The van der Waals surface area contributed by atoms with Crippen molar-refractivity contribution in [3.05, 3.63) is 76.9 Å². The fourth-order valence-electron chi connectivity index (χ4n) is 5.36. The van der Waals surface area contributed by atoms with Crippen LogP contribution in [0.4, 0.5) is 11.4 Å². The van der Waals surface area contributed by atoms with Crippen LogP contribution in [0.15, 0.2) is 70.6 Å². The molecule has 40 heavy (non-hydrogen) atoms. The van der Waals surface area contributed by atoms with Crippen molar-refractivity contribution in [2.75, 3.05) is 12.3 Å². The van der Waals surface area contributed by atoms with Crippen LogP contribution in [0.1, 0.15) is 58.1 Å². The van der Waals surface area contributed by atoms with Gasteiger partial charge in [-0.05, 0) is 56.2 Å². The Labute approximate surface area is 241 Å². The van der Waals surface area contributed by atoms with Gasteiger partial charge in [0.05, 0.1) is 21.8 Å². The van der Waals surface area contributed by atoms with Crippen LogP contribution in [0.25, 0.3) is 0 Å². The lowest BCUT2D eigenvalue weighted by Gasteiger charge is -2.21. The van der Waals surface area contributed by atoms with Crippen molar-refractivity contribution < 1.29 is 30.5 Å². The van der Waals surface area contributed by atoms with Crippen molar-refractivity contribution in [1.82, 2.24) is 0 Å². The standard InChI is InChI=1S/C29H33ClN2O6S2/c1-28(2)22-19-21(40(36,37)38)13-14-24(22)31-26(28)10-6-5-7-11-27-29(3,4)23-18-20(30)12-15-25(23)32(27)16-8-9-17-39(33,34)35/h5-7,11-15,18-19H,8-10,16-17H2,1-4H3,(H-,33,34,35,36,37,38)/p+1/b6-5+,11-7+. The summed E-state index contributed by atoms with van der Waals surface area (Å²) < 4.78 is 66.2. The Kier molecular flexibility index (Phi) is 8.33. The third kappa shape index (κ3) is 6.31. The lowest BCUT2D eigenvalue weighted by molar-refractivity contribution is -0.438. The van der Waals surface area contributed by atoms with Crippen molar-refractivity contribution in [2.45, 2.75) is 62.7 Å². The summed E-state index contributed by atoms with van der Waals surface area (Å²) in [4.78, 5) is 4.57. The number of allylic oxidation sites excluding steroid dienone is 4. The molecule has 0 aliphatic carbocycles. The Balaban J connectivity index is 1.53. The van der Waals surface area contributed by atoms with E-state index >= 15 is 0 Å². The molecule has 2 aromatic carbocycles. The second-order valence-corrected chi connectivity index (χ2v) is 14.6. The molecule has 0 radical (unpaired) electrons. The van der Waals surface area contributed by atoms with Crippen LogP contribution in [0.2, 0.25) is 5.02 Å². The van der Waals surface area contributed by atoms with E-state index < -0.39 is 25.7 Å². The summed E-state index contributed by atoms with van der Waals surface area (Å²) in [5.74, 6) is -0.271. The van der Waals surface area contributed by atoms with Crippen LogP contribution in [-0.4, -0.2) is 54.2 Å². The van der Waals surface area contributed by atoms with Gasteiger partial charge in [-0.2, -0.15) is 21.4 Å². The van der Waals surface area contributed by atoms with Gasteiger partial charge in [0.1, 0.15) is 6.54 Å². The van der Waals surface area contributed by atoms with Crippen LogP contribution >= 0.6 is 11.6 Å². The normalized spacial score (nSPS) is 18.0. The number of aliphatic imine (C=N–C) groups is 1. The Morgan fingerprint density at radius 2 is 1.65 bits per heavy atom. The predicted octanol–water partition coefficient (Wildman–Crippen LogP) is 6.20. The lowest BCUT2D eigenvalue weighted by atomic mass is 9.80. The second-order valence-electron chi connectivity index (χ2n) is 11.1. The summed E-state index contributed by atoms with van der Waals surface area (Å²) in [6.45, 7) is 8.80. The maximum atomic E-state index is 11.6. The van der Waals surface area contributed by atoms with Crippen molar-refractivity contribution >= 4 is 54.6 Å². The molecule has 8 nitrogen and oxygen atoms in total. The highest BCUT2D eigenvalue weighted by atomic mass is 35.5. The van der Waals surface area contributed by atoms with Gasteiger partial charge in [0.25, 0.3) is 20.2 Å². The molecule has 2 N–H and O–H groups in total. The van der Waals surface area contributed by atoms with E-state index in [0.29, 0.717) is 36.5 Å². The highest BCUT2D eigenvalue weighted by molar-refractivity contribution is 7.86. The van der Waals surface area contributed by atoms with E-state index in [1.807, 2.05) is 56.4 Å². The zero-order valence-corrected chi connectivity index (χ0v) is 25.3. The third-order valence-electron chi connectivity index (χ3n) is 7.62. The summed E-state index contributed by atoms with van der Waals surface area (Å²) in [6.07, 6.45) is 9.43. The molecule has 0 amide bonds. The van der Waals surface area contributed by atoms with Crippen LogP contribution in [0.5, 0.6) is 0 Å². The molecule has 0 aromatic heterocycles. The van der Waals surface area contributed by atoms with E-state index in [1.54, 1.807) is 6.07 Å². The molecule has 2 aliphatic rings. The van der Waals surface area contributed by atoms with E-state index in [4.69, 9.17) is 21.1 Å². The molecule has 0 atom stereocenters. The molecule has 0 spiro atoms. The Morgan fingerprint density at radius 1 is 0.925 bits per heavy atom. The minimum Gasteiger partial charge on any atom is -0.286 e. The summed E-state index contributed by atoms with van der Waals surface area (Å²) in [7, 11) is -8.30. The first-order valence-corrected chi connectivity index (χ1v) is 16.4. The van der Waals surface area contributed by atoms with Crippen LogP contribution < -0.4 is 0 Å². The van der Waals surface area contributed by atoms with Crippen molar-refractivity contribution in [2.24, 2.45) is 4.99 Å². The summed E-state index contributed by atoms with van der Waals surface area (Å²) in [5.41, 5.74) is 4.66. The molecule has 0 unspecified atom stereocenters. The topological polar surface area (TPSA) is 124 Å². The largest absolute Gasteiger partial charge is 0.294 e. The van der Waals surface area contributed by atoms with Crippen LogP contribution in [0, 0.1) is 0 Å². The van der Waals surface area contributed by atoms with Crippen molar-refractivity contribution in [1.29, 1.82) is 0 Å². The average molecular weight is 606 g/mol. The Morgan fingerprint density at radius 3 is 2.33 bits per heavy atom. The minimum absolute atomic E-state index is 0.143. The number of unbranched alkanes of at least 4 members (excludes halogenated alkanes) is 1. The highest BCUT2D eigenvalue weighted by Gasteiger charge is 2.44. The number of fused-ring (bicyclic) bond motifs is 2. The number of rotatable bonds is 10. The first-order valence-electron chi connectivity index (χ1n) is 13.0. The van der Waals surface area contributed by atoms with E-state index in [2.05, 4.69) is 18.4 Å². The molecule has 0 bridgehead atoms. The van der Waals surface area contributed by atoms with Gasteiger partial charge in [-0.15, -0.1) is 0 Å². The van der Waals surface area contributed by atoms with Gasteiger partial charge < -0.3 is 0 Å². The van der Waals surface area contributed by atoms with Crippen LogP contribution in [0.3, 0.4) is 0 Å². The molecular formula is C29H34ClN2O6S2+. The Hall–Kier alpha value is -2.63. The lowest BCUT2D eigenvalue weighted by Crippen LogP contribution is -2.28. The third-order valence-corrected chi connectivity index (χ3v) is 9.51. The second kappa shape index (κ2) is 11.0. The number of hydrogen-bond donors (Lipinski definition) is 2. The SMILES string of the molecule is CC1(C)C(C/C=C/C=C/C2=[N+](CCCCS(=O)(=O)O)c3ccc(Cl)cc3C2(C)C)=Nc2ccc(S(=O)(=O)O)cc21. The average Bonchev–Trinajstić information content (AvgIpc) is 3.21. The predicted molar refractivity (Wildman–Crippen MR) is 159 cm³/mol. The molecule has 0 fully saturated rings. The maximum absolute atomic E-state index is 11.6. The van der Waals surface area contributed by atoms with Gasteiger partial charge in [0.15, 0.2) is 5.71 Å². The molecule has 2 aliphatic heterocycles. The molecule has 2 aromatic rings. The molecular weight excluding hydrogens is 572 g/mol. The van der Waals surface area contributed by atoms with E-state index in [-0.39, 0.29) is 16.1 Å². The summed E-state index contributed by atoms with van der Waals surface area (Å²) in [6, 6.07) is 10.2. The molecule has 0 saturated carbocycles.